The maximum Gasteiger partial charge on any atom is 0.227 e. The predicted molar refractivity (Wildman–Crippen MR) is 132 cm³/mol. The van der Waals surface area contributed by atoms with Gasteiger partial charge in [0, 0.05) is 36.2 Å². The van der Waals surface area contributed by atoms with Gasteiger partial charge in [-0.1, -0.05) is 12.1 Å². The molecular formula is C27H29N5O2. The van der Waals surface area contributed by atoms with Gasteiger partial charge in [0.05, 0.1) is 36.6 Å². The molecule has 2 N–H and O–H groups in total. The molecule has 34 heavy (non-hydrogen) atoms. The summed E-state index contributed by atoms with van der Waals surface area (Å²) in [4.78, 5) is 11.4. The maximum atomic E-state index is 9.81. The highest BCUT2D eigenvalue weighted by Gasteiger charge is 2.23. The third-order valence-electron chi connectivity index (χ3n) is 6.76. The Kier molecular flexibility index (Phi) is 6.70. The van der Waals surface area contributed by atoms with Crippen LogP contribution < -0.4 is 10.2 Å². The molecule has 0 bridgehead atoms. The van der Waals surface area contributed by atoms with Gasteiger partial charge in [-0.15, -0.1) is 0 Å². The van der Waals surface area contributed by atoms with E-state index in [-0.39, 0.29) is 6.10 Å². The number of nitrogens with one attached hydrogen (secondary N) is 1. The van der Waals surface area contributed by atoms with E-state index in [0.29, 0.717) is 17.4 Å². The first-order valence-corrected chi connectivity index (χ1v) is 11.9. The van der Waals surface area contributed by atoms with E-state index in [2.05, 4.69) is 44.5 Å². The average molecular weight is 456 g/mol. The number of ether oxygens (including phenoxy) is 1. The van der Waals surface area contributed by atoms with Crippen LogP contribution in [0.3, 0.4) is 0 Å². The molecule has 1 aliphatic carbocycles. The number of aromatic nitrogens is 2. The zero-order valence-corrected chi connectivity index (χ0v) is 19.2. The lowest BCUT2D eigenvalue weighted by Crippen LogP contribution is -2.36. The van der Waals surface area contributed by atoms with E-state index in [0.717, 1.165) is 74.5 Å². The second kappa shape index (κ2) is 10.2. The molecule has 0 atom stereocenters. The zero-order valence-electron chi connectivity index (χ0n) is 19.2. The van der Waals surface area contributed by atoms with E-state index in [4.69, 9.17) is 4.74 Å². The number of morpholine rings is 1. The molecule has 2 fully saturated rings. The van der Waals surface area contributed by atoms with Crippen LogP contribution in [0.2, 0.25) is 0 Å². The fourth-order valence-electron chi connectivity index (χ4n) is 4.84. The fourth-order valence-corrected chi connectivity index (χ4v) is 4.84. The fraction of sp³-hybridized carbons (Fsp3) is 0.370. The van der Waals surface area contributed by atoms with Crippen molar-refractivity contribution < 1.29 is 9.84 Å². The van der Waals surface area contributed by atoms with Crippen LogP contribution in [0.4, 0.5) is 17.3 Å². The average Bonchev–Trinajstić information content (AvgIpc) is 2.90. The topological polar surface area (TPSA) is 94.3 Å². The lowest BCUT2D eigenvalue weighted by Gasteiger charge is -2.28. The molecule has 1 saturated heterocycles. The van der Waals surface area contributed by atoms with E-state index >= 15 is 0 Å². The van der Waals surface area contributed by atoms with Gasteiger partial charge < -0.3 is 20.1 Å². The Bertz CT molecular complexity index is 1160. The molecule has 1 aromatic heterocycles. The number of nitriles is 1. The van der Waals surface area contributed by atoms with Crippen molar-refractivity contribution in [3.8, 4) is 17.3 Å². The molecule has 3 aromatic rings. The van der Waals surface area contributed by atoms with Gasteiger partial charge in [0.25, 0.3) is 0 Å². The Morgan fingerprint density at radius 2 is 1.76 bits per heavy atom. The monoisotopic (exact) mass is 455 g/mol. The van der Waals surface area contributed by atoms with E-state index in [1.165, 1.54) is 5.69 Å². The lowest BCUT2D eigenvalue weighted by atomic mass is 9.80. The Balaban J connectivity index is 1.31. The summed E-state index contributed by atoms with van der Waals surface area (Å²) in [6.45, 7) is 3.34. The van der Waals surface area contributed by atoms with Gasteiger partial charge >= 0.3 is 0 Å². The van der Waals surface area contributed by atoms with E-state index in [9.17, 15) is 10.4 Å². The number of benzene rings is 2. The number of aliphatic hydroxyl groups excluding tert-OH is 1. The first kappa shape index (κ1) is 22.3. The summed E-state index contributed by atoms with van der Waals surface area (Å²) in [7, 11) is 0. The largest absolute Gasteiger partial charge is 0.393 e. The number of aliphatic hydroxyl groups is 1. The molecule has 7 heteroatoms. The van der Waals surface area contributed by atoms with Crippen LogP contribution in [0.5, 0.6) is 0 Å². The van der Waals surface area contributed by atoms with Gasteiger partial charge in [0.15, 0.2) is 0 Å². The third-order valence-corrected chi connectivity index (χ3v) is 6.76. The van der Waals surface area contributed by atoms with Crippen LogP contribution in [0.25, 0.3) is 11.3 Å². The molecule has 2 aliphatic rings. The van der Waals surface area contributed by atoms with E-state index in [1.807, 2.05) is 30.3 Å². The summed E-state index contributed by atoms with van der Waals surface area (Å²) in [5, 5.41) is 22.9. The van der Waals surface area contributed by atoms with Crippen molar-refractivity contribution in [1.82, 2.24) is 9.97 Å². The summed E-state index contributed by atoms with van der Waals surface area (Å²) in [5.74, 6) is 0.843. The van der Waals surface area contributed by atoms with Crippen molar-refractivity contribution in [2.24, 2.45) is 0 Å². The van der Waals surface area contributed by atoms with Crippen LogP contribution >= 0.6 is 0 Å². The summed E-state index contributed by atoms with van der Waals surface area (Å²) >= 11 is 0. The molecule has 0 radical (unpaired) electrons. The van der Waals surface area contributed by atoms with Gasteiger partial charge in [-0.25, -0.2) is 9.97 Å². The Morgan fingerprint density at radius 1 is 1.00 bits per heavy atom. The molecule has 174 valence electrons. The first-order valence-electron chi connectivity index (χ1n) is 11.9. The van der Waals surface area contributed by atoms with Crippen LogP contribution in [-0.2, 0) is 4.74 Å². The van der Waals surface area contributed by atoms with Gasteiger partial charge in [-0.3, -0.25) is 0 Å². The molecule has 0 unspecified atom stereocenters. The molecule has 1 aliphatic heterocycles. The summed E-state index contributed by atoms with van der Waals surface area (Å²) < 4.78 is 5.43. The second-order valence-electron chi connectivity index (χ2n) is 8.96. The van der Waals surface area contributed by atoms with Crippen LogP contribution in [0.1, 0.15) is 42.7 Å². The van der Waals surface area contributed by atoms with Crippen LogP contribution in [0, 0.1) is 11.3 Å². The highest BCUT2D eigenvalue weighted by molar-refractivity contribution is 5.65. The minimum Gasteiger partial charge on any atom is -0.393 e. The van der Waals surface area contributed by atoms with E-state index in [1.54, 1.807) is 6.20 Å². The Hall–Kier alpha value is -3.47. The number of hydrogen-bond donors (Lipinski definition) is 2. The highest BCUT2D eigenvalue weighted by atomic mass is 16.5. The number of hydrogen-bond acceptors (Lipinski definition) is 7. The minimum atomic E-state index is -0.205. The predicted octanol–water partition coefficient (Wildman–Crippen LogP) is 4.61. The van der Waals surface area contributed by atoms with Crippen molar-refractivity contribution in [3.63, 3.8) is 0 Å². The summed E-state index contributed by atoms with van der Waals surface area (Å²) in [6.07, 6.45) is 4.96. The van der Waals surface area contributed by atoms with Gasteiger partial charge in [0.1, 0.15) is 0 Å². The molecule has 2 heterocycles. The number of anilines is 3. The smallest absolute Gasteiger partial charge is 0.227 e. The quantitative estimate of drug-likeness (QED) is 0.580. The molecule has 0 spiro atoms. The molecule has 0 amide bonds. The van der Waals surface area contributed by atoms with Crippen LogP contribution in [-0.4, -0.2) is 47.5 Å². The third kappa shape index (κ3) is 5.04. The Morgan fingerprint density at radius 3 is 2.50 bits per heavy atom. The normalized spacial score (nSPS) is 20.5. The van der Waals surface area contributed by atoms with Crippen molar-refractivity contribution in [1.29, 1.82) is 5.26 Å². The zero-order chi connectivity index (χ0) is 23.3. The first-order chi connectivity index (χ1) is 16.7. The van der Waals surface area contributed by atoms with Crippen molar-refractivity contribution in [2.45, 2.75) is 37.7 Å². The van der Waals surface area contributed by atoms with Crippen molar-refractivity contribution in [2.75, 3.05) is 36.5 Å². The van der Waals surface area contributed by atoms with Gasteiger partial charge in [-0.2, -0.15) is 5.26 Å². The number of rotatable bonds is 5. The molecule has 1 saturated carbocycles. The highest BCUT2D eigenvalue weighted by Crippen LogP contribution is 2.36. The van der Waals surface area contributed by atoms with Gasteiger partial charge in [0.2, 0.25) is 5.95 Å². The van der Waals surface area contributed by atoms with Crippen molar-refractivity contribution >= 4 is 17.3 Å². The lowest BCUT2D eigenvalue weighted by molar-refractivity contribution is 0.122. The van der Waals surface area contributed by atoms with Crippen molar-refractivity contribution in [3.05, 3.63) is 65.9 Å². The molecule has 2 aromatic carbocycles. The standard InChI is InChI=1S/C27H29N5O2/c28-18-21-17-20(3-10-25(21)19-1-8-24(33)9-2-19)26-11-12-29-27(31-26)30-22-4-6-23(7-5-22)32-13-15-34-16-14-32/h3-7,10-12,17,19,24,33H,1-2,8-9,13-16H2,(H,29,30,31). The molecular weight excluding hydrogens is 426 g/mol. The van der Waals surface area contributed by atoms with Gasteiger partial charge in [-0.05, 0) is 73.6 Å². The number of nitrogens with zero attached hydrogens (tertiary/aromatic N) is 4. The SMILES string of the molecule is N#Cc1cc(-c2ccnc(Nc3ccc(N4CCOCC4)cc3)n2)ccc1C1CCC(O)CC1. The summed E-state index contributed by atoms with van der Waals surface area (Å²) in [5.41, 5.74) is 5.52. The summed E-state index contributed by atoms with van der Waals surface area (Å²) in [6, 6.07) is 18.5. The van der Waals surface area contributed by atoms with Crippen LogP contribution in [0.15, 0.2) is 54.7 Å². The minimum absolute atomic E-state index is 0.205. The Labute approximate surface area is 200 Å². The van der Waals surface area contributed by atoms with E-state index < -0.39 is 0 Å². The second-order valence-corrected chi connectivity index (χ2v) is 8.96. The molecule has 7 nitrogen and oxygen atoms in total. The molecule has 5 rings (SSSR count). The maximum absolute atomic E-state index is 9.81.